The lowest BCUT2D eigenvalue weighted by Crippen LogP contribution is -1.89. The van der Waals surface area contributed by atoms with Gasteiger partial charge in [-0.15, -0.1) is 0 Å². The van der Waals surface area contributed by atoms with Crippen LogP contribution in [-0.4, -0.2) is 15.2 Å². The highest BCUT2D eigenvalue weighted by Gasteiger charge is 1.97. The second-order valence-corrected chi connectivity index (χ2v) is 2.50. The molecule has 59 valence electrons. The van der Waals surface area contributed by atoms with Crippen LogP contribution in [0.3, 0.4) is 0 Å². The van der Waals surface area contributed by atoms with Gasteiger partial charge in [0.1, 0.15) is 6.33 Å². The van der Waals surface area contributed by atoms with E-state index in [9.17, 15) is 0 Å². The van der Waals surface area contributed by atoms with E-state index in [1.807, 2.05) is 24.3 Å². The molecule has 3 heteroatoms. The maximum atomic E-state index is 4.03. The number of benzene rings is 1. The number of aromatic nitrogens is 3. The van der Waals surface area contributed by atoms with Crippen LogP contribution in [0.15, 0.2) is 30.6 Å². The molecule has 1 N–H and O–H groups in total. The van der Waals surface area contributed by atoms with Crippen molar-refractivity contribution in [2.75, 3.05) is 0 Å². The Labute approximate surface area is 70.5 Å². The van der Waals surface area contributed by atoms with E-state index in [0.717, 1.165) is 12.2 Å². The van der Waals surface area contributed by atoms with Crippen molar-refractivity contribution in [3.63, 3.8) is 0 Å². The topological polar surface area (TPSA) is 41.6 Å². The molecule has 1 heterocycles. The molecule has 12 heavy (non-hydrogen) atoms. The van der Waals surface area contributed by atoms with Crippen molar-refractivity contribution in [1.29, 1.82) is 0 Å². The van der Waals surface area contributed by atoms with Gasteiger partial charge in [0.25, 0.3) is 0 Å². The standard InChI is InChI=1S/C9H8N3/c1-2-4-8(5-3-1)6-9-10-7-11-12-9/h1-2,4-5,7H,6H2,(H,10,11,12). The van der Waals surface area contributed by atoms with Gasteiger partial charge in [-0.1, -0.05) is 24.3 Å². The van der Waals surface area contributed by atoms with Crippen molar-refractivity contribution >= 4 is 0 Å². The lowest BCUT2D eigenvalue weighted by molar-refractivity contribution is 0.972. The minimum Gasteiger partial charge on any atom is -0.266 e. The molecule has 0 bridgehead atoms. The minimum atomic E-state index is 0.765. The summed E-state index contributed by atoms with van der Waals surface area (Å²) in [7, 11) is 0. The minimum absolute atomic E-state index is 0.765. The molecule has 1 aromatic carbocycles. The Balaban J connectivity index is 2.15. The fourth-order valence-corrected chi connectivity index (χ4v) is 1.04. The predicted molar refractivity (Wildman–Crippen MR) is 44.5 cm³/mol. The van der Waals surface area contributed by atoms with Crippen LogP contribution in [0.5, 0.6) is 0 Å². The Morgan fingerprint density at radius 2 is 2.50 bits per heavy atom. The van der Waals surface area contributed by atoms with Crippen molar-refractivity contribution in [3.8, 4) is 0 Å². The molecule has 0 aliphatic rings. The molecule has 0 fully saturated rings. The fourth-order valence-electron chi connectivity index (χ4n) is 1.04. The normalized spacial score (nSPS) is 10.0. The monoisotopic (exact) mass is 158 g/mol. The molecule has 0 spiro atoms. The molecule has 0 aliphatic carbocycles. The van der Waals surface area contributed by atoms with Gasteiger partial charge in [-0.25, -0.2) is 4.98 Å². The number of nitrogens with zero attached hydrogens (tertiary/aromatic N) is 2. The van der Waals surface area contributed by atoms with Crippen LogP contribution in [0, 0.1) is 6.07 Å². The summed E-state index contributed by atoms with van der Waals surface area (Å²) >= 11 is 0. The van der Waals surface area contributed by atoms with E-state index in [1.54, 1.807) is 6.33 Å². The maximum Gasteiger partial charge on any atom is 0.154 e. The Bertz CT molecular complexity index is 326. The van der Waals surface area contributed by atoms with Crippen LogP contribution in [0.4, 0.5) is 0 Å². The van der Waals surface area contributed by atoms with Crippen LogP contribution in [0.2, 0.25) is 0 Å². The lowest BCUT2D eigenvalue weighted by atomic mass is 10.1. The van der Waals surface area contributed by atoms with Gasteiger partial charge in [0.2, 0.25) is 0 Å². The second kappa shape index (κ2) is 3.17. The summed E-state index contributed by atoms with van der Waals surface area (Å²) in [5.41, 5.74) is 1.18. The second-order valence-electron chi connectivity index (χ2n) is 2.50. The third-order valence-corrected chi connectivity index (χ3v) is 1.60. The van der Waals surface area contributed by atoms with Gasteiger partial charge in [-0.2, -0.15) is 5.10 Å². The Morgan fingerprint density at radius 3 is 3.17 bits per heavy atom. The molecular formula is C9H8N3. The molecule has 0 saturated heterocycles. The van der Waals surface area contributed by atoms with Crippen LogP contribution in [0.1, 0.15) is 11.4 Å². The highest BCUT2D eigenvalue weighted by atomic mass is 15.2. The van der Waals surface area contributed by atoms with Gasteiger partial charge in [0, 0.05) is 6.42 Å². The SMILES string of the molecule is [c]1cccc(Cc2nc[nH]n2)c1. The first-order chi connectivity index (χ1) is 5.95. The highest BCUT2D eigenvalue weighted by Crippen LogP contribution is 2.02. The van der Waals surface area contributed by atoms with E-state index in [-0.39, 0.29) is 0 Å². The molecule has 0 amide bonds. The van der Waals surface area contributed by atoms with E-state index in [2.05, 4.69) is 21.2 Å². The zero-order valence-electron chi connectivity index (χ0n) is 6.49. The first kappa shape index (κ1) is 7.03. The molecule has 2 aromatic rings. The zero-order chi connectivity index (χ0) is 8.23. The van der Waals surface area contributed by atoms with Crippen LogP contribution in [-0.2, 0) is 6.42 Å². The molecule has 0 unspecified atom stereocenters. The van der Waals surface area contributed by atoms with Crippen molar-refractivity contribution in [2.24, 2.45) is 0 Å². The van der Waals surface area contributed by atoms with Crippen molar-refractivity contribution in [2.45, 2.75) is 6.42 Å². The number of nitrogens with one attached hydrogen (secondary N) is 1. The Kier molecular flexibility index (Phi) is 1.86. The summed E-state index contributed by atoms with van der Waals surface area (Å²) in [5.74, 6) is 0.814. The molecule has 0 saturated carbocycles. The van der Waals surface area contributed by atoms with Gasteiger partial charge < -0.3 is 0 Å². The van der Waals surface area contributed by atoms with Gasteiger partial charge in [0.15, 0.2) is 5.82 Å². The Morgan fingerprint density at radius 1 is 1.50 bits per heavy atom. The van der Waals surface area contributed by atoms with E-state index >= 15 is 0 Å². The average Bonchev–Trinajstić information content (AvgIpc) is 2.59. The number of hydrogen-bond acceptors (Lipinski definition) is 2. The van der Waals surface area contributed by atoms with Crippen molar-refractivity contribution < 1.29 is 0 Å². The summed E-state index contributed by atoms with van der Waals surface area (Å²) in [6.07, 6.45) is 2.35. The van der Waals surface area contributed by atoms with Gasteiger partial charge in [-0.3, -0.25) is 5.10 Å². The molecule has 0 aliphatic heterocycles. The molecule has 1 radical (unpaired) electrons. The third kappa shape index (κ3) is 1.50. The van der Waals surface area contributed by atoms with Gasteiger partial charge in [-0.05, 0) is 11.6 Å². The van der Waals surface area contributed by atoms with E-state index in [4.69, 9.17) is 0 Å². The van der Waals surface area contributed by atoms with Crippen molar-refractivity contribution in [1.82, 2.24) is 15.2 Å². The molecule has 0 atom stereocenters. The Hall–Kier alpha value is -1.64. The number of H-pyrrole nitrogens is 1. The first-order valence-corrected chi connectivity index (χ1v) is 3.75. The summed E-state index contributed by atoms with van der Waals surface area (Å²) in [6.45, 7) is 0. The quantitative estimate of drug-likeness (QED) is 0.713. The van der Waals surface area contributed by atoms with Crippen molar-refractivity contribution in [3.05, 3.63) is 48.0 Å². The molecule has 3 nitrogen and oxygen atoms in total. The summed E-state index contributed by atoms with van der Waals surface area (Å²) in [5, 5.41) is 6.64. The average molecular weight is 158 g/mol. The van der Waals surface area contributed by atoms with Gasteiger partial charge in [0.05, 0.1) is 0 Å². The number of hydrogen-bond donors (Lipinski definition) is 1. The number of rotatable bonds is 2. The summed E-state index contributed by atoms with van der Waals surface area (Å²) < 4.78 is 0. The zero-order valence-corrected chi connectivity index (χ0v) is 6.49. The summed E-state index contributed by atoms with van der Waals surface area (Å²) in [4.78, 5) is 4.03. The smallest absolute Gasteiger partial charge is 0.154 e. The predicted octanol–water partition coefficient (Wildman–Crippen LogP) is 1.20. The number of aromatic amines is 1. The largest absolute Gasteiger partial charge is 0.266 e. The molecular weight excluding hydrogens is 150 g/mol. The third-order valence-electron chi connectivity index (χ3n) is 1.60. The first-order valence-electron chi connectivity index (χ1n) is 3.75. The van der Waals surface area contributed by atoms with Gasteiger partial charge >= 0.3 is 0 Å². The van der Waals surface area contributed by atoms with Crippen LogP contribution >= 0.6 is 0 Å². The summed E-state index contributed by atoms with van der Waals surface area (Å²) in [6, 6.07) is 10.8. The molecule has 1 aromatic heterocycles. The lowest BCUT2D eigenvalue weighted by Gasteiger charge is -1.93. The maximum absolute atomic E-state index is 4.03. The fraction of sp³-hybridized carbons (Fsp3) is 0.111. The van der Waals surface area contributed by atoms with E-state index in [0.29, 0.717) is 0 Å². The van der Waals surface area contributed by atoms with E-state index in [1.165, 1.54) is 5.56 Å². The highest BCUT2D eigenvalue weighted by molar-refractivity contribution is 5.17. The van der Waals surface area contributed by atoms with Crippen LogP contribution in [0.25, 0.3) is 0 Å². The van der Waals surface area contributed by atoms with Crippen LogP contribution < -0.4 is 0 Å². The molecule has 2 rings (SSSR count). The van der Waals surface area contributed by atoms with E-state index < -0.39 is 0 Å².